The number of methoxy groups -OCH3 is 1. The molecular weight excluding hydrogens is 398 g/mol. The SMILES string of the molecule is COc1c(Br)ccc2nn(CC3CCN(C(=O)OC(C)(C)C)CC3)cc12. The number of fused-ring (bicyclic) bond motifs is 1. The van der Waals surface area contributed by atoms with Crippen LogP contribution in [-0.4, -0.2) is 46.6 Å². The monoisotopic (exact) mass is 423 g/mol. The predicted octanol–water partition coefficient (Wildman–Crippen LogP) is 4.45. The Bertz CT molecular complexity index is 789. The van der Waals surface area contributed by atoms with Crippen molar-refractivity contribution in [2.75, 3.05) is 20.2 Å². The largest absolute Gasteiger partial charge is 0.495 e. The molecule has 3 rings (SSSR count). The Hall–Kier alpha value is -1.76. The summed E-state index contributed by atoms with van der Waals surface area (Å²) >= 11 is 3.51. The van der Waals surface area contributed by atoms with Gasteiger partial charge in [0.1, 0.15) is 11.4 Å². The van der Waals surface area contributed by atoms with Gasteiger partial charge in [-0.25, -0.2) is 4.79 Å². The van der Waals surface area contributed by atoms with Crippen molar-refractivity contribution in [2.24, 2.45) is 5.92 Å². The van der Waals surface area contributed by atoms with Crippen molar-refractivity contribution in [3.05, 3.63) is 22.8 Å². The quantitative estimate of drug-likeness (QED) is 0.731. The zero-order valence-corrected chi connectivity index (χ0v) is 17.4. The molecule has 1 saturated heterocycles. The first-order valence-corrected chi connectivity index (χ1v) is 9.73. The first-order chi connectivity index (χ1) is 12.3. The number of likely N-dealkylation sites (tertiary alicyclic amines) is 1. The highest BCUT2D eigenvalue weighted by molar-refractivity contribution is 9.10. The summed E-state index contributed by atoms with van der Waals surface area (Å²) in [4.78, 5) is 14.0. The Labute approximate surface area is 162 Å². The molecule has 7 heteroatoms. The smallest absolute Gasteiger partial charge is 0.410 e. The van der Waals surface area contributed by atoms with Crippen molar-refractivity contribution in [1.82, 2.24) is 14.7 Å². The van der Waals surface area contributed by atoms with E-state index in [2.05, 4.69) is 21.0 Å². The van der Waals surface area contributed by atoms with Gasteiger partial charge in [-0.3, -0.25) is 4.68 Å². The molecular formula is C19H26BrN3O3. The molecule has 1 fully saturated rings. The maximum absolute atomic E-state index is 12.2. The van der Waals surface area contributed by atoms with Gasteiger partial charge in [-0.15, -0.1) is 0 Å². The Morgan fingerprint density at radius 1 is 1.31 bits per heavy atom. The van der Waals surface area contributed by atoms with E-state index in [0.717, 1.165) is 53.6 Å². The van der Waals surface area contributed by atoms with Crippen molar-refractivity contribution in [3.8, 4) is 5.75 Å². The lowest BCUT2D eigenvalue weighted by Crippen LogP contribution is -2.42. The van der Waals surface area contributed by atoms with Crippen LogP contribution in [0.15, 0.2) is 22.8 Å². The van der Waals surface area contributed by atoms with Crippen molar-refractivity contribution >= 4 is 32.9 Å². The maximum atomic E-state index is 12.2. The van der Waals surface area contributed by atoms with E-state index in [1.54, 1.807) is 7.11 Å². The summed E-state index contributed by atoms with van der Waals surface area (Å²) < 4.78 is 13.9. The van der Waals surface area contributed by atoms with E-state index in [-0.39, 0.29) is 6.09 Å². The minimum absolute atomic E-state index is 0.213. The number of nitrogens with zero attached hydrogens (tertiary/aromatic N) is 3. The first kappa shape index (κ1) is 19.0. The molecule has 142 valence electrons. The lowest BCUT2D eigenvalue weighted by Gasteiger charge is -2.33. The summed E-state index contributed by atoms with van der Waals surface area (Å²) in [5.74, 6) is 1.31. The summed E-state index contributed by atoms with van der Waals surface area (Å²) in [6.07, 6.45) is 3.74. The third kappa shape index (κ3) is 4.31. The Morgan fingerprint density at radius 3 is 2.62 bits per heavy atom. The van der Waals surface area contributed by atoms with E-state index >= 15 is 0 Å². The molecule has 1 aliphatic heterocycles. The van der Waals surface area contributed by atoms with Crippen LogP contribution in [-0.2, 0) is 11.3 Å². The molecule has 0 saturated carbocycles. The number of aromatic nitrogens is 2. The summed E-state index contributed by atoms with van der Waals surface area (Å²) in [6, 6.07) is 3.95. The average molecular weight is 424 g/mol. The molecule has 26 heavy (non-hydrogen) atoms. The van der Waals surface area contributed by atoms with Gasteiger partial charge in [-0.2, -0.15) is 5.10 Å². The fourth-order valence-corrected chi connectivity index (χ4v) is 3.79. The van der Waals surface area contributed by atoms with Crippen LogP contribution in [0.3, 0.4) is 0 Å². The molecule has 2 aromatic rings. The summed E-state index contributed by atoms with van der Waals surface area (Å²) in [5, 5.41) is 5.68. The molecule has 0 unspecified atom stereocenters. The fraction of sp³-hybridized carbons (Fsp3) is 0.579. The lowest BCUT2D eigenvalue weighted by molar-refractivity contribution is 0.0177. The van der Waals surface area contributed by atoms with Crippen LogP contribution in [0.2, 0.25) is 0 Å². The predicted molar refractivity (Wildman–Crippen MR) is 105 cm³/mol. The molecule has 0 spiro atoms. The Morgan fingerprint density at radius 2 is 2.00 bits per heavy atom. The van der Waals surface area contributed by atoms with Crippen LogP contribution in [0, 0.1) is 5.92 Å². The average Bonchev–Trinajstić information content (AvgIpc) is 2.96. The van der Waals surface area contributed by atoms with Gasteiger partial charge in [-0.1, -0.05) is 0 Å². The van der Waals surface area contributed by atoms with Gasteiger partial charge in [-0.05, 0) is 67.6 Å². The molecule has 2 heterocycles. The molecule has 0 aliphatic carbocycles. The number of benzene rings is 1. The van der Waals surface area contributed by atoms with E-state index in [9.17, 15) is 4.79 Å². The van der Waals surface area contributed by atoms with E-state index in [1.165, 1.54) is 0 Å². The van der Waals surface area contributed by atoms with E-state index in [0.29, 0.717) is 5.92 Å². The summed E-state index contributed by atoms with van der Waals surface area (Å²) in [6.45, 7) is 7.99. The molecule has 0 bridgehead atoms. The molecule has 6 nitrogen and oxygen atoms in total. The van der Waals surface area contributed by atoms with Crippen LogP contribution in [0.5, 0.6) is 5.75 Å². The topological polar surface area (TPSA) is 56.6 Å². The molecule has 1 amide bonds. The standard InChI is InChI=1S/C19H26BrN3O3/c1-19(2,3)26-18(24)22-9-7-13(8-10-22)11-23-12-14-16(21-23)6-5-15(20)17(14)25-4/h5-6,12-13H,7-11H2,1-4H3. The number of ether oxygens (including phenoxy) is 2. The number of halogens is 1. The van der Waals surface area contributed by atoms with Gasteiger partial charge in [0.15, 0.2) is 0 Å². The lowest BCUT2D eigenvalue weighted by atomic mass is 9.97. The van der Waals surface area contributed by atoms with Crippen LogP contribution < -0.4 is 4.74 Å². The van der Waals surface area contributed by atoms with Crippen LogP contribution >= 0.6 is 15.9 Å². The third-order valence-corrected chi connectivity index (χ3v) is 5.18. The van der Waals surface area contributed by atoms with Crippen LogP contribution in [0.4, 0.5) is 4.79 Å². The van der Waals surface area contributed by atoms with Gasteiger partial charge in [0.2, 0.25) is 0 Å². The van der Waals surface area contributed by atoms with E-state index in [1.807, 2.05) is 48.7 Å². The highest BCUT2D eigenvalue weighted by Gasteiger charge is 2.27. The summed E-state index contributed by atoms with van der Waals surface area (Å²) in [5.41, 5.74) is 0.479. The highest BCUT2D eigenvalue weighted by Crippen LogP contribution is 2.33. The maximum Gasteiger partial charge on any atom is 0.410 e. The summed E-state index contributed by atoms with van der Waals surface area (Å²) in [7, 11) is 1.67. The normalized spacial score (nSPS) is 16.1. The van der Waals surface area contributed by atoms with Crippen molar-refractivity contribution in [2.45, 2.75) is 45.8 Å². The van der Waals surface area contributed by atoms with E-state index in [4.69, 9.17) is 9.47 Å². The number of carbonyl (C=O) groups excluding carboxylic acids is 1. The number of carbonyl (C=O) groups is 1. The number of piperidine rings is 1. The molecule has 1 aromatic carbocycles. The number of rotatable bonds is 3. The van der Waals surface area contributed by atoms with Crippen molar-refractivity contribution < 1.29 is 14.3 Å². The van der Waals surface area contributed by atoms with Gasteiger partial charge < -0.3 is 14.4 Å². The van der Waals surface area contributed by atoms with Gasteiger partial charge in [0.25, 0.3) is 0 Å². The minimum atomic E-state index is -0.448. The van der Waals surface area contributed by atoms with E-state index < -0.39 is 5.60 Å². The third-order valence-electron chi connectivity index (χ3n) is 4.55. The highest BCUT2D eigenvalue weighted by atomic mass is 79.9. The Balaban J connectivity index is 1.61. The second-order valence-electron chi connectivity index (χ2n) is 7.78. The molecule has 0 N–H and O–H groups in total. The zero-order valence-electron chi connectivity index (χ0n) is 15.8. The van der Waals surface area contributed by atoms with Gasteiger partial charge in [0.05, 0.1) is 22.5 Å². The van der Waals surface area contributed by atoms with Crippen LogP contribution in [0.25, 0.3) is 10.9 Å². The molecule has 0 radical (unpaired) electrons. The number of hydrogen-bond donors (Lipinski definition) is 0. The number of amides is 1. The van der Waals surface area contributed by atoms with Crippen molar-refractivity contribution in [3.63, 3.8) is 0 Å². The zero-order chi connectivity index (χ0) is 18.9. The van der Waals surface area contributed by atoms with Crippen molar-refractivity contribution in [1.29, 1.82) is 0 Å². The molecule has 0 atom stereocenters. The second kappa shape index (κ2) is 7.47. The van der Waals surface area contributed by atoms with Gasteiger partial charge >= 0.3 is 6.09 Å². The van der Waals surface area contributed by atoms with Crippen LogP contribution in [0.1, 0.15) is 33.6 Å². The number of hydrogen-bond acceptors (Lipinski definition) is 4. The molecule has 1 aliphatic rings. The fourth-order valence-electron chi connectivity index (χ4n) is 3.28. The first-order valence-electron chi connectivity index (χ1n) is 8.94. The minimum Gasteiger partial charge on any atom is -0.495 e. The Kier molecular flexibility index (Phi) is 5.46. The van der Waals surface area contributed by atoms with Gasteiger partial charge in [0, 0.05) is 25.8 Å². The second-order valence-corrected chi connectivity index (χ2v) is 8.63. The molecule has 1 aromatic heterocycles.